The van der Waals surface area contributed by atoms with E-state index in [-0.39, 0.29) is 37.5 Å². The molecule has 0 spiro atoms. The van der Waals surface area contributed by atoms with E-state index in [0.717, 1.165) is 12.6 Å². The number of hydrogen-bond acceptors (Lipinski definition) is 8. The number of thiol groups is 1. The molecule has 12 heteroatoms. The van der Waals surface area contributed by atoms with Crippen LogP contribution in [0.2, 0.25) is 0 Å². The summed E-state index contributed by atoms with van der Waals surface area (Å²) >= 11 is 4.10. The Morgan fingerprint density at radius 3 is 1.64 bits per heavy atom. The molecule has 0 bridgehead atoms. The first-order chi connectivity index (χ1) is 22.7. The Morgan fingerprint density at radius 2 is 1.17 bits per heavy atom. The molecular formula is C35H43N3O7PS+. The van der Waals surface area contributed by atoms with Crippen LogP contribution < -0.4 is 31.9 Å². The molecule has 3 aromatic rings. The van der Waals surface area contributed by atoms with E-state index >= 15 is 0 Å². The summed E-state index contributed by atoms with van der Waals surface area (Å²) in [6.45, 7) is -0.348. The largest absolute Gasteiger partial charge is 0.468 e. The minimum absolute atomic E-state index is 0.0156. The molecule has 0 aliphatic heterocycles. The van der Waals surface area contributed by atoms with Crippen LogP contribution in [0.5, 0.6) is 0 Å². The first-order valence-electron chi connectivity index (χ1n) is 15.4. The van der Waals surface area contributed by atoms with E-state index in [2.05, 4.69) is 106 Å². The van der Waals surface area contributed by atoms with Gasteiger partial charge in [-0.25, -0.2) is 4.79 Å². The Morgan fingerprint density at radius 1 is 0.681 bits per heavy atom. The maximum atomic E-state index is 13.0. The quantitative estimate of drug-likeness (QED) is 0.0700. The Labute approximate surface area is 282 Å². The van der Waals surface area contributed by atoms with E-state index < -0.39 is 43.1 Å². The number of carbonyl (C=O) groups excluding carboxylic acids is 5. The predicted octanol–water partition coefficient (Wildman–Crippen LogP) is 2.29. The van der Waals surface area contributed by atoms with Crippen LogP contribution in [0.15, 0.2) is 91.0 Å². The second-order valence-corrected chi connectivity index (χ2v) is 14.8. The van der Waals surface area contributed by atoms with Crippen molar-refractivity contribution in [1.82, 2.24) is 16.0 Å². The van der Waals surface area contributed by atoms with E-state index in [0.29, 0.717) is 6.42 Å². The molecular weight excluding hydrogens is 637 g/mol. The van der Waals surface area contributed by atoms with Gasteiger partial charge in [0.1, 0.15) is 41.8 Å². The van der Waals surface area contributed by atoms with Crippen molar-refractivity contribution in [3.8, 4) is 0 Å². The van der Waals surface area contributed by atoms with Gasteiger partial charge in [0.2, 0.25) is 17.7 Å². The molecule has 0 saturated carbocycles. The third kappa shape index (κ3) is 10.9. The lowest BCUT2D eigenvalue weighted by molar-refractivity contribution is -0.145. The average Bonchev–Trinajstić information content (AvgIpc) is 3.12. The fourth-order valence-corrected chi connectivity index (χ4v) is 9.93. The highest BCUT2D eigenvalue weighted by atomic mass is 32.1. The number of hydrogen-bond donors (Lipinski definition) is 4. The van der Waals surface area contributed by atoms with Crippen LogP contribution in [0.1, 0.15) is 32.1 Å². The van der Waals surface area contributed by atoms with Crippen LogP contribution in [-0.4, -0.2) is 74.4 Å². The van der Waals surface area contributed by atoms with Gasteiger partial charge < -0.3 is 25.4 Å². The molecule has 0 saturated heterocycles. The first-order valence-corrected chi connectivity index (χ1v) is 18.0. The van der Waals surface area contributed by atoms with Crippen molar-refractivity contribution in [2.24, 2.45) is 0 Å². The number of ether oxygens (including phenoxy) is 2. The fourth-order valence-electron chi connectivity index (χ4n) is 5.26. The zero-order valence-electron chi connectivity index (χ0n) is 26.7. The van der Waals surface area contributed by atoms with Gasteiger partial charge >= 0.3 is 11.9 Å². The van der Waals surface area contributed by atoms with Crippen molar-refractivity contribution < 1.29 is 33.4 Å². The van der Waals surface area contributed by atoms with Gasteiger partial charge in [0.15, 0.2) is 0 Å². The number of unbranched alkanes of at least 4 members (excludes halogenated alkanes) is 1. The smallest absolute Gasteiger partial charge is 0.328 e. The van der Waals surface area contributed by atoms with Crippen molar-refractivity contribution >= 4 is 65.5 Å². The summed E-state index contributed by atoms with van der Waals surface area (Å²) in [7, 11) is 0.382. The highest BCUT2D eigenvalue weighted by molar-refractivity contribution is 7.95. The lowest BCUT2D eigenvalue weighted by Crippen LogP contribution is -2.49. The van der Waals surface area contributed by atoms with Crippen molar-refractivity contribution in [3.63, 3.8) is 0 Å². The molecule has 0 heterocycles. The molecule has 0 aliphatic carbocycles. The molecule has 0 fully saturated rings. The predicted molar refractivity (Wildman–Crippen MR) is 188 cm³/mol. The second kappa shape index (κ2) is 19.5. The average molecular weight is 681 g/mol. The number of rotatable bonds is 18. The van der Waals surface area contributed by atoms with E-state index in [1.54, 1.807) is 0 Å². The monoisotopic (exact) mass is 680 g/mol. The highest BCUT2D eigenvalue weighted by Gasteiger charge is 2.44. The van der Waals surface area contributed by atoms with Crippen LogP contribution in [0.4, 0.5) is 0 Å². The Kier molecular flexibility index (Phi) is 15.4. The fraction of sp³-hybridized carbons (Fsp3) is 0.343. The van der Waals surface area contributed by atoms with Crippen LogP contribution in [0.25, 0.3) is 0 Å². The number of nitrogens with one attached hydrogen (secondary N) is 3. The van der Waals surface area contributed by atoms with Crippen molar-refractivity contribution in [2.75, 3.05) is 32.7 Å². The lowest BCUT2D eigenvalue weighted by atomic mass is 10.1. The molecule has 3 rings (SSSR count). The summed E-state index contributed by atoms with van der Waals surface area (Å²) in [5.41, 5.74) is 0. The van der Waals surface area contributed by atoms with Gasteiger partial charge in [-0.15, -0.1) is 0 Å². The standard InChI is InChI=1S/C35H42N3O7PS/c1-44-33(41)24-36-34(42)30(25-47)38-32(40)22-21-29(35(43)45-2)37-31(39)20-12-13-23-46(26-14-6-3-7-15-26,27-16-8-4-9-17-27)28-18-10-5-11-19-28/h3-11,14-19,29-30H,12-13,20-25H2,1-2H3,(H3-,36,37,38,39,40,42,47)/p+1/t29-,30-/m1/s1. The van der Waals surface area contributed by atoms with E-state index in [4.69, 9.17) is 4.74 Å². The van der Waals surface area contributed by atoms with Crippen molar-refractivity contribution in [2.45, 2.75) is 44.2 Å². The van der Waals surface area contributed by atoms with Gasteiger partial charge in [0, 0.05) is 18.6 Å². The minimum atomic E-state index is -2.02. The van der Waals surface area contributed by atoms with E-state index in [9.17, 15) is 24.0 Å². The molecule has 0 aromatic heterocycles. The van der Waals surface area contributed by atoms with Gasteiger partial charge in [-0.05, 0) is 55.7 Å². The maximum absolute atomic E-state index is 13.0. The molecule has 0 aliphatic rings. The number of carbonyl (C=O) groups is 5. The summed E-state index contributed by atoms with van der Waals surface area (Å²) < 4.78 is 9.36. The third-order valence-corrected chi connectivity index (χ3v) is 12.6. The lowest BCUT2D eigenvalue weighted by Gasteiger charge is -2.27. The SMILES string of the molecule is COC(=O)CNC(=O)[C@@H](CS)NC(=O)CC[C@@H](NC(=O)CCCC[P+](c1ccccc1)(c1ccccc1)c1ccccc1)C(=O)OC. The number of methoxy groups -OCH3 is 2. The van der Waals surface area contributed by atoms with Crippen LogP contribution in [-0.2, 0) is 33.4 Å². The van der Waals surface area contributed by atoms with Crippen molar-refractivity contribution in [1.29, 1.82) is 0 Å². The number of esters is 2. The Bertz CT molecular complexity index is 1370. The normalized spacial score (nSPS) is 12.2. The molecule has 3 amide bonds. The number of benzene rings is 3. The molecule has 0 radical (unpaired) electrons. The maximum Gasteiger partial charge on any atom is 0.328 e. The van der Waals surface area contributed by atoms with Crippen LogP contribution in [0.3, 0.4) is 0 Å². The zero-order chi connectivity index (χ0) is 34.1. The third-order valence-electron chi connectivity index (χ3n) is 7.69. The topological polar surface area (TPSA) is 140 Å². The zero-order valence-corrected chi connectivity index (χ0v) is 28.5. The van der Waals surface area contributed by atoms with E-state index in [1.165, 1.54) is 30.1 Å². The van der Waals surface area contributed by atoms with Gasteiger partial charge in [0.05, 0.1) is 20.4 Å². The summed E-state index contributed by atoms with van der Waals surface area (Å²) in [4.78, 5) is 61.6. The van der Waals surface area contributed by atoms with Gasteiger partial charge in [-0.1, -0.05) is 54.6 Å². The van der Waals surface area contributed by atoms with Gasteiger partial charge in [-0.3, -0.25) is 19.2 Å². The summed E-state index contributed by atoms with van der Waals surface area (Å²) in [6, 6.07) is 29.5. The van der Waals surface area contributed by atoms with Crippen LogP contribution in [0, 0.1) is 0 Å². The summed E-state index contributed by atoms with van der Waals surface area (Å²) in [6.07, 6.45) is 2.23. The molecule has 3 aromatic carbocycles. The first kappa shape index (κ1) is 37.2. The van der Waals surface area contributed by atoms with E-state index in [1.807, 2.05) is 18.2 Å². The van der Waals surface area contributed by atoms with Crippen molar-refractivity contribution in [3.05, 3.63) is 91.0 Å². The summed E-state index contributed by atoms with van der Waals surface area (Å²) in [5.74, 6) is -2.77. The molecule has 0 unspecified atom stereocenters. The molecule has 10 nitrogen and oxygen atoms in total. The van der Waals surface area contributed by atoms with Gasteiger partial charge in [0.25, 0.3) is 0 Å². The van der Waals surface area contributed by atoms with Gasteiger partial charge in [-0.2, -0.15) is 12.6 Å². The molecule has 2 atom stereocenters. The second-order valence-electron chi connectivity index (χ2n) is 10.8. The summed E-state index contributed by atoms with van der Waals surface area (Å²) in [5, 5.41) is 11.4. The number of amides is 3. The molecule has 3 N–H and O–H groups in total. The van der Waals surface area contributed by atoms with Crippen LogP contribution >= 0.6 is 19.9 Å². The Balaban J connectivity index is 1.61. The highest BCUT2D eigenvalue weighted by Crippen LogP contribution is 2.55. The molecule has 250 valence electrons. The molecule has 47 heavy (non-hydrogen) atoms. The minimum Gasteiger partial charge on any atom is -0.468 e. The Hall–Kier alpha value is -4.21.